The summed E-state index contributed by atoms with van der Waals surface area (Å²) in [6.07, 6.45) is -65.6. The molecule has 23 N–H and O–H groups in total. The lowest BCUT2D eigenvalue weighted by Crippen LogP contribution is -2.68. The van der Waals surface area contributed by atoms with Crippen LogP contribution < -0.4 is 5.32 Å². The second-order valence-electron chi connectivity index (χ2n) is 29.7. The highest BCUT2D eigenvalue weighted by Gasteiger charge is 2.63. The number of rotatable bonds is 10. The number of aliphatic hydroxyl groups is 21. The normalized spacial score (nSPS) is 50.0. The molecule has 14 bridgehead atoms. The van der Waals surface area contributed by atoms with Gasteiger partial charge in [-0.25, -0.2) is 0 Å². The molecule has 0 radical (unpaired) electrons. The highest BCUT2D eigenvalue weighted by atomic mass is 16.8. The molecule has 3 aliphatic carbocycles. The van der Waals surface area contributed by atoms with Gasteiger partial charge in [0.25, 0.3) is 0 Å². The molecule has 0 spiro atoms. The van der Waals surface area contributed by atoms with Gasteiger partial charge in [0.05, 0.1) is 39.6 Å². The lowest BCUT2D eigenvalue weighted by Gasteiger charge is -2.52. The predicted octanol–water partition coefficient (Wildman–Crippen LogP) is -10.1. The van der Waals surface area contributed by atoms with Crippen molar-refractivity contribution in [1.82, 2.24) is 5.32 Å². The third-order valence-electron chi connectivity index (χ3n) is 23.5. The molecule has 37 heteroatoms. The summed E-state index contributed by atoms with van der Waals surface area (Å²) in [4.78, 5) is 0. The van der Waals surface area contributed by atoms with Crippen LogP contribution in [0.5, 0.6) is 5.75 Å². The molecule has 21 aliphatic heterocycles. The number of hydrogen-bond acceptors (Lipinski definition) is 37. The molecule has 0 aromatic heterocycles. The Hall–Kier alpha value is -3.64. The van der Waals surface area contributed by atoms with Gasteiger partial charge in [0.2, 0.25) is 0 Å². The Labute approximate surface area is 606 Å². The van der Waals surface area contributed by atoms with E-state index in [0.717, 1.165) is 32.1 Å². The Morgan fingerprint density at radius 1 is 0.396 bits per heavy atom. The average Bonchev–Trinajstić information content (AvgIpc) is 1.53. The third kappa shape index (κ3) is 15.2. The maximum absolute atomic E-state index is 12.4. The average molecular weight is 1520 g/mol. The number of aliphatic hydroxyl groups excluding tert-OH is 20. The Kier molecular flexibility index (Phi) is 25.2. The van der Waals surface area contributed by atoms with Crippen molar-refractivity contribution in [2.24, 2.45) is 17.3 Å². The molecule has 21 saturated heterocycles. The molecular weight excluding hydrogens is 1420 g/mol. The van der Waals surface area contributed by atoms with E-state index in [9.17, 15) is 112 Å². The van der Waals surface area contributed by atoms with E-state index in [1.807, 2.05) is 12.1 Å². The Morgan fingerprint density at radius 3 is 1.07 bits per heavy atom. The molecular formula is C69H99NO36. The van der Waals surface area contributed by atoms with Crippen molar-refractivity contribution in [3.63, 3.8) is 0 Å². The third-order valence-corrected chi connectivity index (χ3v) is 23.5. The summed E-state index contributed by atoms with van der Waals surface area (Å²) in [6, 6.07) is 12.7. The van der Waals surface area contributed by atoms with Crippen LogP contribution >= 0.6 is 0 Å². The summed E-state index contributed by atoms with van der Waals surface area (Å²) >= 11 is 0. The number of benzene rings is 2. The van der Waals surface area contributed by atoms with Gasteiger partial charge < -0.3 is 184 Å². The van der Waals surface area contributed by atoms with Crippen LogP contribution in [-0.4, -0.2) is 379 Å². The molecule has 37 nitrogen and oxygen atoms in total. The summed E-state index contributed by atoms with van der Waals surface area (Å²) in [5, 5.41) is 252. The molecule has 26 rings (SSSR count). The number of hydrogen-bond donors (Lipinski definition) is 23. The fraction of sp³-hybridized carbons (Fsp3) is 0.797. The summed E-state index contributed by atoms with van der Waals surface area (Å²) in [5.74, 6) is 7.67. The Balaban J connectivity index is 0.748. The number of phenolic OH excluding ortho intramolecular Hbond substituents is 1. The first-order valence-corrected chi connectivity index (χ1v) is 35.9. The molecule has 106 heavy (non-hydrogen) atoms. The van der Waals surface area contributed by atoms with E-state index >= 15 is 0 Å². The Bertz CT molecular complexity index is 3270. The van der Waals surface area contributed by atoms with Crippen LogP contribution in [0.1, 0.15) is 67.2 Å². The second-order valence-corrected chi connectivity index (χ2v) is 29.7. The smallest absolute Gasteiger partial charge is 0.187 e. The zero-order chi connectivity index (χ0) is 75.7. The van der Waals surface area contributed by atoms with Gasteiger partial charge in [0.15, 0.2) is 44.0 Å². The van der Waals surface area contributed by atoms with Crippen molar-refractivity contribution >= 4 is 0 Å². The maximum Gasteiger partial charge on any atom is 0.187 e. The van der Waals surface area contributed by atoms with E-state index in [0.29, 0.717) is 29.4 Å². The van der Waals surface area contributed by atoms with Crippen molar-refractivity contribution in [2.75, 3.05) is 46.2 Å². The van der Waals surface area contributed by atoms with Crippen LogP contribution in [0, 0.1) is 29.1 Å². The topological polar surface area (TPSA) is 586 Å². The van der Waals surface area contributed by atoms with Crippen LogP contribution in [0.4, 0.5) is 0 Å². The minimum Gasteiger partial charge on any atom is -0.508 e. The van der Waals surface area contributed by atoms with Crippen molar-refractivity contribution in [2.45, 2.75) is 278 Å². The van der Waals surface area contributed by atoms with Gasteiger partial charge in [-0.05, 0) is 97.2 Å². The van der Waals surface area contributed by atoms with Crippen LogP contribution in [0.2, 0.25) is 0 Å². The van der Waals surface area contributed by atoms with Crippen molar-refractivity contribution in [1.29, 1.82) is 0 Å². The van der Waals surface area contributed by atoms with Crippen molar-refractivity contribution in [3.05, 3.63) is 64.7 Å². The zero-order valence-corrected chi connectivity index (χ0v) is 57.4. The van der Waals surface area contributed by atoms with E-state index in [1.54, 1.807) is 30.3 Å². The molecule has 24 aliphatic rings. The zero-order valence-electron chi connectivity index (χ0n) is 57.4. The minimum absolute atomic E-state index is 0.0603. The van der Waals surface area contributed by atoms with E-state index in [1.165, 1.54) is 11.1 Å². The lowest BCUT2D eigenvalue weighted by atomic mass is 9.53. The van der Waals surface area contributed by atoms with E-state index < -0.39 is 266 Å². The first kappa shape index (κ1) is 80.4. The summed E-state index contributed by atoms with van der Waals surface area (Å²) in [7, 11) is 0. The van der Waals surface area contributed by atoms with Gasteiger partial charge in [-0.15, -0.1) is 0 Å². The van der Waals surface area contributed by atoms with Crippen LogP contribution in [0.25, 0.3) is 0 Å². The van der Waals surface area contributed by atoms with Gasteiger partial charge in [0, 0.05) is 24.1 Å². The summed E-state index contributed by atoms with van der Waals surface area (Å²) in [6.45, 7) is -4.45. The van der Waals surface area contributed by atoms with Gasteiger partial charge in [-0.1, -0.05) is 37.0 Å². The molecule has 2 aromatic carbocycles. The Morgan fingerprint density at radius 2 is 0.726 bits per heavy atom. The molecule has 2 aromatic rings. The standard InChI is InChI=1S/C69H99NO36/c1-68-13-11-30-29-9-7-28(77)16-27(29)6-8-31(30)32(68)12-15-69(68,92)14-10-25-2-4-26(5-3-25)17-70-18-33-54-40(78)47(85)61(93-33)101-55-34(19-71)95-63(49(87)42(55)80)103-57-36(21-73)97-65(51(89)44(57)82)105-59-38(23-75)99-67(53(91)46(59)84)106-60-39(24-76)98-66(52(90)45(60)83)104-58-37(22-74)96-64(50(88)43(58)81)102-56-35(20-72)94-62(100-54)48(86)41(56)79/h2-5,7,9,16,30-67,70-92H,6,8,11-13,15,17-24H2,1H3/t30-,31-,32+,33-,34-,35-,36-,37-,38-,39-,40-,41-,42-,43-,44-,45-,46-,47-,48-,49-,50-,51-,52-,53-,54-,55-,56-,57-,58-,59-,60-,61-,62-,63-,64-,65-,66-,67-,68+,69+/m1/s1. The van der Waals surface area contributed by atoms with E-state index in [4.69, 9.17) is 66.3 Å². The van der Waals surface area contributed by atoms with Crippen LogP contribution in [-0.2, 0) is 79.3 Å². The summed E-state index contributed by atoms with van der Waals surface area (Å²) in [5.41, 5.74) is 2.01. The predicted molar refractivity (Wildman–Crippen MR) is 344 cm³/mol. The number of fused-ring (bicyclic) bond motifs is 5. The fourth-order valence-electron chi connectivity index (χ4n) is 17.5. The number of aryl methyl sites for hydroxylation is 1. The molecule has 40 atom stereocenters. The lowest BCUT2D eigenvalue weighted by molar-refractivity contribution is -0.396. The molecule has 23 fully saturated rings. The molecule has 0 amide bonds. The monoisotopic (exact) mass is 1520 g/mol. The van der Waals surface area contributed by atoms with Gasteiger partial charge >= 0.3 is 0 Å². The number of ether oxygens (including phenoxy) is 14. The van der Waals surface area contributed by atoms with Gasteiger partial charge in [-0.2, -0.15) is 0 Å². The van der Waals surface area contributed by atoms with Gasteiger partial charge in [0.1, 0.15) is 182 Å². The minimum atomic E-state index is -2.23. The van der Waals surface area contributed by atoms with Crippen molar-refractivity contribution in [3.8, 4) is 17.6 Å². The number of aromatic hydroxyl groups is 1. The van der Waals surface area contributed by atoms with E-state index in [2.05, 4.69) is 24.1 Å². The first-order valence-electron chi connectivity index (χ1n) is 35.9. The van der Waals surface area contributed by atoms with Crippen molar-refractivity contribution < 1.29 is 179 Å². The molecule has 2 saturated carbocycles. The molecule has 596 valence electrons. The highest BCUT2D eigenvalue weighted by molar-refractivity contribution is 5.43. The highest BCUT2D eigenvalue weighted by Crippen LogP contribution is 2.64. The largest absolute Gasteiger partial charge is 0.508 e. The number of nitrogens with one attached hydrogen (secondary N) is 1. The SMILES string of the molecule is C[C@]12CC[C@@H]3c4ccc(O)cc4CC[C@H]3[C@@H]1CC[C@@]2(O)C#Cc1ccc(CNC[C@H]2O[C@@H]3O[C@H]4[C@H](O)[C@@H](O)[C@@H](O[C@H]5[C@H](O)[C@@H](O)[C@@H](O[C@H]6[C@H](O)[C@@H](O)[C@@H](O[C@H]7[C@H](O)[C@@H](O)[C@@H](O[C@H]8[C@H](O)[C@@H](O)[C@@H](O[C@H]9[C@H](O)[C@@H](O)[C@@H](O[C@H]2[C@H](O)[C@H]3O)O[C@@H]9CO)O[C@@H]8CO)O[C@@H]7CO)O[C@@H]6CO)O[C@@H]5CO)O[C@@H]4CO)cc1. The molecule has 21 heterocycles. The second kappa shape index (κ2) is 33.2. The fourth-order valence-corrected chi connectivity index (χ4v) is 17.5. The summed E-state index contributed by atoms with van der Waals surface area (Å²) < 4.78 is 82.4. The number of phenols is 1. The maximum atomic E-state index is 12.4. The molecule has 0 unspecified atom stereocenters. The van der Waals surface area contributed by atoms with E-state index in [-0.39, 0.29) is 24.8 Å². The van der Waals surface area contributed by atoms with Gasteiger partial charge in [-0.3, -0.25) is 0 Å². The van der Waals surface area contributed by atoms with Crippen LogP contribution in [0.3, 0.4) is 0 Å². The first-order chi connectivity index (χ1) is 50.7. The van der Waals surface area contributed by atoms with Crippen LogP contribution in [0.15, 0.2) is 42.5 Å². The quantitative estimate of drug-likeness (QED) is 0.0982.